The molecule has 242 valence electrons. The lowest BCUT2D eigenvalue weighted by atomic mass is 9.98. The Bertz CT molecular complexity index is 2750. The molecule has 0 fully saturated rings. The highest BCUT2D eigenvalue weighted by Gasteiger charge is 2.16. The number of nitrogens with zero attached hydrogens (tertiary/aromatic N) is 4. The third-order valence-electron chi connectivity index (χ3n) is 9.85. The monoisotopic (exact) mass is 662 g/mol. The maximum Gasteiger partial charge on any atom is 0.160 e. The zero-order valence-corrected chi connectivity index (χ0v) is 28.1. The largest absolute Gasteiger partial charge is 0.227 e. The van der Waals surface area contributed by atoms with Gasteiger partial charge < -0.3 is 0 Å². The van der Waals surface area contributed by atoms with Gasteiger partial charge in [0, 0.05) is 43.8 Å². The number of hydrogen-bond donors (Lipinski definition) is 0. The first-order chi connectivity index (χ1) is 25.8. The van der Waals surface area contributed by atoms with E-state index in [0.717, 1.165) is 88.1 Å². The van der Waals surface area contributed by atoms with Crippen LogP contribution in [0.15, 0.2) is 182 Å². The summed E-state index contributed by atoms with van der Waals surface area (Å²) in [7, 11) is 0. The standard InChI is InChI=1S/C48H30N4/c1-3-15-33(16-4-1)43-41-27-25-31-13-7-9-23-39(31)45(41)51-47(49-43)37-21-11-19-35(29-37)36-20-12-22-38(30-36)48-50-44(34-17-5-2-6-18-34)42-28-26-32-14-8-10-24-40(32)46(42)52-48/h1-30H. The van der Waals surface area contributed by atoms with Crippen LogP contribution in [-0.2, 0) is 0 Å². The van der Waals surface area contributed by atoms with E-state index in [2.05, 4.69) is 170 Å². The summed E-state index contributed by atoms with van der Waals surface area (Å²) in [6.45, 7) is 0. The first kappa shape index (κ1) is 29.8. The van der Waals surface area contributed by atoms with Crippen LogP contribution in [0.4, 0.5) is 0 Å². The molecular weight excluding hydrogens is 633 g/mol. The molecule has 10 rings (SSSR count). The molecule has 2 aromatic heterocycles. The molecule has 4 heteroatoms. The molecule has 0 unspecified atom stereocenters. The van der Waals surface area contributed by atoms with E-state index in [9.17, 15) is 0 Å². The fourth-order valence-corrected chi connectivity index (χ4v) is 7.29. The Morgan fingerprint density at radius 2 is 0.635 bits per heavy atom. The van der Waals surface area contributed by atoms with E-state index < -0.39 is 0 Å². The lowest BCUT2D eigenvalue weighted by Gasteiger charge is -2.13. The molecule has 0 saturated heterocycles. The van der Waals surface area contributed by atoms with Crippen LogP contribution in [0.2, 0.25) is 0 Å². The van der Waals surface area contributed by atoms with Crippen molar-refractivity contribution in [1.29, 1.82) is 0 Å². The lowest BCUT2D eigenvalue weighted by Crippen LogP contribution is -1.97. The molecule has 0 aliphatic rings. The van der Waals surface area contributed by atoms with Crippen LogP contribution in [0.3, 0.4) is 0 Å². The predicted octanol–water partition coefficient (Wildman–Crippen LogP) is 12.2. The average Bonchev–Trinajstić information content (AvgIpc) is 3.23. The molecule has 10 aromatic rings. The van der Waals surface area contributed by atoms with Gasteiger partial charge in [0.05, 0.1) is 22.4 Å². The molecule has 0 radical (unpaired) electrons. The van der Waals surface area contributed by atoms with Crippen molar-refractivity contribution in [2.45, 2.75) is 0 Å². The summed E-state index contributed by atoms with van der Waals surface area (Å²) in [4.78, 5) is 20.9. The Labute approximate surface area is 300 Å². The van der Waals surface area contributed by atoms with Crippen molar-refractivity contribution in [2.75, 3.05) is 0 Å². The number of hydrogen-bond acceptors (Lipinski definition) is 4. The van der Waals surface area contributed by atoms with Gasteiger partial charge in [-0.3, -0.25) is 0 Å². The van der Waals surface area contributed by atoms with E-state index in [0.29, 0.717) is 11.6 Å². The highest BCUT2D eigenvalue weighted by Crippen LogP contribution is 2.36. The number of rotatable bonds is 5. The van der Waals surface area contributed by atoms with Gasteiger partial charge in [-0.15, -0.1) is 0 Å². The minimum absolute atomic E-state index is 0.693. The van der Waals surface area contributed by atoms with Crippen LogP contribution in [-0.4, -0.2) is 19.9 Å². The number of aromatic nitrogens is 4. The molecule has 0 saturated carbocycles. The second-order valence-corrected chi connectivity index (χ2v) is 13.1. The number of fused-ring (bicyclic) bond motifs is 6. The van der Waals surface area contributed by atoms with E-state index in [-0.39, 0.29) is 0 Å². The molecule has 8 aromatic carbocycles. The van der Waals surface area contributed by atoms with Gasteiger partial charge in [0.15, 0.2) is 11.6 Å². The average molecular weight is 663 g/mol. The second-order valence-electron chi connectivity index (χ2n) is 13.1. The van der Waals surface area contributed by atoms with Crippen LogP contribution in [0.5, 0.6) is 0 Å². The van der Waals surface area contributed by atoms with E-state index in [4.69, 9.17) is 19.9 Å². The summed E-state index contributed by atoms with van der Waals surface area (Å²) in [6.07, 6.45) is 0. The van der Waals surface area contributed by atoms with Crippen LogP contribution in [0, 0.1) is 0 Å². The first-order valence-corrected chi connectivity index (χ1v) is 17.5. The molecule has 0 amide bonds. The van der Waals surface area contributed by atoms with Crippen molar-refractivity contribution in [3.63, 3.8) is 0 Å². The van der Waals surface area contributed by atoms with Crippen molar-refractivity contribution < 1.29 is 0 Å². The fraction of sp³-hybridized carbons (Fsp3) is 0. The van der Waals surface area contributed by atoms with Gasteiger partial charge in [0.25, 0.3) is 0 Å². The summed E-state index contributed by atoms with van der Waals surface area (Å²) in [5, 5.41) is 6.61. The number of benzene rings is 8. The molecule has 0 atom stereocenters. The van der Waals surface area contributed by atoms with Gasteiger partial charge in [-0.1, -0.05) is 158 Å². The fourth-order valence-electron chi connectivity index (χ4n) is 7.29. The van der Waals surface area contributed by atoms with Gasteiger partial charge in [-0.2, -0.15) is 0 Å². The summed E-state index contributed by atoms with van der Waals surface area (Å²) in [5.41, 5.74) is 9.91. The van der Waals surface area contributed by atoms with Gasteiger partial charge >= 0.3 is 0 Å². The topological polar surface area (TPSA) is 51.6 Å². The molecule has 0 N–H and O–H groups in total. The smallest absolute Gasteiger partial charge is 0.160 e. The molecule has 0 aliphatic heterocycles. The lowest BCUT2D eigenvalue weighted by molar-refractivity contribution is 1.23. The predicted molar refractivity (Wildman–Crippen MR) is 215 cm³/mol. The quantitative estimate of drug-likeness (QED) is 0.172. The summed E-state index contributed by atoms with van der Waals surface area (Å²) in [5.74, 6) is 1.39. The maximum atomic E-state index is 5.22. The molecule has 4 nitrogen and oxygen atoms in total. The van der Waals surface area contributed by atoms with Crippen LogP contribution in [0.25, 0.3) is 99.8 Å². The van der Waals surface area contributed by atoms with E-state index in [1.807, 2.05) is 12.1 Å². The van der Waals surface area contributed by atoms with Crippen molar-refractivity contribution in [3.8, 4) is 56.4 Å². The Morgan fingerprint density at radius 3 is 1.10 bits per heavy atom. The zero-order valence-electron chi connectivity index (χ0n) is 28.1. The third kappa shape index (κ3) is 5.17. The minimum Gasteiger partial charge on any atom is -0.227 e. The summed E-state index contributed by atoms with van der Waals surface area (Å²) >= 11 is 0. The van der Waals surface area contributed by atoms with Gasteiger partial charge in [-0.05, 0) is 46.2 Å². The molecule has 2 heterocycles. The normalized spacial score (nSPS) is 11.5. The molecule has 0 spiro atoms. The summed E-state index contributed by atoms with van der Waals surface area (Å²) in [6, 6.07) is 63.2. The Morgan fingerprint density at radius 1 is 0.250 bits per heavy atom. The van der Waals surface area contributed by atoms with Crippen molar-refractivity contribution >= 4 is 43.4 Å². The van der Waals surface area contributed by atoms with E-state index in [1.165, 1.54) is 0 Å². The van der Waals surface area contributed by atoms with Crippen molar-refractivity contribution in [2.24, 2.45) is 0 Å². The third-order valence-corrected chi connectivity index (χ3v) is 9.85. The van der Waals surface area contributed by atoms with Gasteiger partial charge in [0.2, 0.25) is 0 Å². The zero-order chi connectivity index (χ0) is 34.4. The highest BCUT2D eigenvalue weighted by molar-refractivity contribution is 6.11. The Balaban J connectivity index is 1.12. The van der Waals surface area contributed by atoms with Gasteiger partial charge in [-0.25, -0.2) is 19.9 Å². The Hall–Kier alpha value is -7.04. The highest BCUT2D eigenvalue weighted by atomic mass is 14.9. The molecule has 0 aliphatic carbocycles. The minimum atomic E-state index is 0.693. The van der Waals surface area contributed by atoms with Crippen LogP contribution < -0.4 is 0 Å². The van der Waals surface area contributed by atoms with Crippen LogP contribution >= 0.6 is 0 Å². The molecule has 52 heavy (non-hydrogen) atoms. The maximum absolute atomic E-state index is 5.22. The van der Waals surface area contributed by atoms with Crippen molar-refractivity contribution in [1.82, 2.24) is 19.9 Å². The molecule has 0 bridgehead atoms. The van der Waals surface area contributed by atoms with E-state index >= 15 is 0 Å². The van der Waals surface area contributed by atoms with Crippen LogP contribution in [0.1, 0.15) is 0 Å². The SMILES string of the molecule is c1ccc(-c2nc(-c3cccc(-c4cccc(-c5nc(-c6ccccc6)c6ccc7ccccc7c6n5)c4)c3)nc3c2ccc2ccccc23)cc1. The molecular formula is C48H30N4. The first-order valence-electron chi connectivity index (χ1n) is 17.5. The van der Waals surface area contributed by atoms with Crippen molar-refractivity contribution in [3.05, 3.63) is 182 Å². The second kappa shape index (κ2) is 12.4. The van der Waals surface area contributed by atoms with E-state index in [1.54, 1.807) is 0 Å². The summed E-state index contributed by atoms with van der Waals surface area (Å²) < 4.78 is 0. The Kier molecular flexibility index (Phi) is 7.10. The van der Waals surface area contributed by atoms with Gasteiger partial charge in [0.1, 0.15) is 0 Å².